The van der Waals surface area contributed by atoms with Gasteiger partial charge in [0.25, 0.3) is 0 Å². The first-order valence-corrected chi connectivity index (χ1v) is 7.80. The third-order valence-electron chi connectivity index (χ3n) is 4.33. The van der Waals surface area contributed by atoms with Crippen LogP contribution in [0.2, 0.25) is 0 Å². The van der Waals surface area contributed by atoms with Crippen LogP contribution in [-0.2, 0) is 0 Å². The van der Waals surface area contributed by atoms with E-state index in [1.165, 1.54) is 11.1 Å². The van der Waals surface area contributed by atoms with Crippen LogP contribution in [0.3, 0.4) is 0 Å². The molecular weight excluding hydrogens is 270 g/mol. The minimum absolute atomic E-state index is 0.181. The number of ketones is 1. The van der Waals surface area contributed by atoms with E-state index in [1.807, 2.05) is 49.4 Å². The van der Waals surface area contributed by atoms with Crippen LogP contribution in [0.4, 0.5) is 0 Å². The maximum absolute atomic E-state index is 12.5. The second-order valence-electron chi connectivity index (χ2n) is 6.39. The molecule has 0 aromatic heterocycles. The molecule has 0 saturated heterocycles. The molecule has 22 heavy (non-hydrogen) atoms. The summed E-state index contributed by atoms with van der Waals surface area (Å²) in [7, 11) is 0. The Kier molecular flexibility index (Phi) is 3.93. The number of nitrogens with zero attached hydrogens (tertiary/aromatic N) is 1. The Balaban J connectivity index is 1.76. The molecule has 0 fully saturated rings. The Morgan fingerprint density at radius 3 is 2.45 bits per heavy atom. The van der Waals surface area contributed by atoms with Crippen molar-refractivity contribution in [2.45, 2.75) is 38.6 Å². The van der Waals surface area contributed by atoms with E-state index in [1.54, 1.807) is 0 Å². The van der Waals surface area contributed by atoms with Crippen LogP contribution in [0.5, 0.6) is 0 Å². The molecule has 0 radical (unpaired) electrons. The van der Waals surface area contributed by atoms with E-state index in [0.717, 1.165) is 24.1 Å². The van der Waals surface area contributed by atoms with Crippen LogP contribution in [0.1, 0.15) is 47.7 Å². The number of benzene rings is 2. The highest BCUT2D eigenvalue weighted by atomic mass is 16.1. The lowest BCUT2D eigenvalue weighted by molar-refractivity contribution is 0.0956. The van der Waals surface area contributed by atoms with Crippen molar-refractivity contribution in [3.8, 4) is 0 Å². The zero-order chi connectivity index (χ0) is 15.6. The first-order chi connectivity index (χ1) is 10.6. The standard InChI is InChI=1S/C20H21NO/c1-15-8-10-17(11-9-15)19(22)14-20(2)13-12-18(21-20)16-6-4-3-5-7-16/h3-11H,12-14H2,1-2H3. The van der Waals surface area contributed by atoms with Crippen molar-refractivity contribution in [1.82, 2.24) is 0 Å². The molecule has 2 heteroatoms. The van der Waals surface area contributed by atoms with E-state index in [0.29, 0.717) is 6.42 Å². The summed E-state index contributed by atoms with van der Waals surface area (Å²) < 4.78 is 0. The Morgan fingerprint density at radius 2 is 1.77 bits per heavy atom. The summed E-state index contributed by atoms with van der Waals surface area (Å²) >= 11 is 0. The summed E-state index contributed by atoms with van der Waals surface area (Å²) in [5.41, 5.74) is 3.99. The minimum Gasteiger partial charge on any atom is -0.294 e. The van der Waals surface area contributed by atoms with E-state index in [9.17, 15) is 4.79 Å². The van der Waals surface area contributed by atoms with Crippen LogP contribution in [0, 0.1) is 6.92 Å². The monoisotopic (exact) mass is 291 g/mol. The number of Topliss-reactive ketones (excluding diaryl/α,β-unsaturated/α-hetero) is 1. The number of carbonyl (C=O) groups is 1. The molecule has 2 aromatic rings. The summed E-state index contributed by atoms with van der Waals surface area (Å²) in [6.45, 7) is 4.12. The highest BCUT2D eigenvalue weighted by Crippen LogP contribution is 2.32. The summed E-state index contributed by atoms with van der Waals surface area (Å²) in [5.74, 6) is 0.181. The number of aliphatic imine (C=N–C) groups is 1. The maximum Gasteiger partial charge on any atom is 0.165 e. The Labute approximate surface area is 131 Å². The number of carbonyl (C=O) groups excluding carboxylic acids is 1. The van der Waals surface area contributed by atoms with Crippen LogP contribution >= 0.6 is 0 Å². The predicted molar refractivity (Wildman–Crippen MR) is 90.7 cm³/mol. The second-order valence-corrected chi connectivity index (χ2v) is 6.39. The molecule has 1 aliphatic rings. The molecule has 1 unspecified atom stereocenters. The van der Waals surface area contributed by atoms with Crippen LogP contribution < -0.4 is 0 Å². The summed E-state index contributed by atoms with van der Waals surface area (Å²) in [5, 5.41) is 0. The van der Waals surface area contributed by atoms with E-state index in [-0.39, 0.29) is 11.3 Å². The predicted octanol–water partition coefficient (Wildman–Crippen LogP) is 4.61. The van der Waals surface area contributed by atoms with Gasteiger partial charge in [-0.2, -0.15) is 0 Å². The summed E-state index contributed by atoms with van der Waals surface area (Å²) in [6, 6.07) is 18.1. The SMILES string of the molecule is Cc1ccc(C(=O)CC2(C)CCC(c3ccccc3)=N2)cc1. The number of hydrogen-bond donors (Lipinski definition) is 0. The Morgan fingerprint density at radius 1 is 1.09 bits per heavy atom. The van der Waals surface area contributed by atoms with Gasteiger partial charge in [-0.05, 0) is 32.3 Å². The van der Waals surface area contributed by atoms with Gasteiger partial charge in [0.1, 0.15) is 0 Å². The van der Waals surface area contributed by atoms with Gasteiger partial charge in [-0.15, -0.1) is 0 Å². The molecule has 0 amide bonds. The van der Waals surface area contributed by atoms with Crippen molar-refractivity contribution < 1.29 is 4.79 Å². The smallest absolute Gasteiger partial charge is 0.165 e. The van der Waals surface area contributed by atoms with Gasteiger partial charge >= 0.3 is 0 Å². The first kappa shape index (κ1) is 14.7. The van der Waals surface area contributed by atoms with Gasteiger partial charge in [0.15, 0.2) is 5.78 Å². The summed E-state index contributed by atoms with van der Waals surface area (Å²) in [6.07, 6.45) is 2.36. The third-order valence-corrected chi connectivity index (χ3v) is 4.33. The molecule has 0 aliphatic carbocycles. The fourth-order valence-corrected chi connectivity index (χ4v) is 2.98. The molecule has 1 heterocycles. The summed E-state index contributed by atoms with van der Waals surface area (Å²) in [4.78, 5) is 17.4. The molecular formula is C20H21NO. The lowest BCUT2D eigenvalue weighted by atomic mass is 9.90. The maximum atomic E-state index is 12.5. The van der Waals surface area contributed by atoms with Gasteiger partial charge in [-0.1, -0.05) is 60.2 Å². The number of hydrogen-bond acceptors (Lipinski definition) is 2. The largest absolute Gasteiger partial charge is 0.294 e. The molecule has 0 spiro atoms. The zero-order valence-electron chi connectivity index (χ0n) is 13.2. The lowest BCUT2D eigenvalue weighted by Gasteiger charge is -2.19. The second kappa shape index (κ2) is 5.88. The highest BCUT2D eigenvalue weighted by Gasteiger charge is 2.32. The zero-order valence-corrected chi connectivity index (χ0v) is 13.2. The van der Waals surface area contributed by atoms with E-state index in [2.05, 4.69) is 19.1 Å². The van der Waals surface area contributed by atoms with Gasteiger partial charge in [0, 0.05) is 17.7 Å². The number of rotatable bonds is 4. The molecule has 0 N–H and O–H groups in total. The highest BCUT2D eigenvalue weighted by molar-refractivity contribution is 6.03. The number of aryl methyl sites for hydroxylation is 1. The average molecular weight is 291 g/mol. The quantitative estimate of drug-likeness (QED) is 0.756. The molecule has 1 atom stereocenters. The molecule has 1 aliphatic heterocycles. The molecule has 2 nitrogen and oxygen atoms in total. The van der Waals surface area contributed by atoms with Gasteiger partial charge in [-0.3, -0.25) is 9.79 Å². The van der Waals surface area contributed by atoms with Crippen LogP contribution in [-0.4, -0.2) is 17.0 Å². The van der Waals surface area contributed by atoms with Crippen molar-refractivity contribution in [3.63, 3.8) is 0 Å². The van der Waals surface area contributed by atoms with Crippen molar-refractivity contribution in [3.05, 3.63) is 71.3 Å². The van der Waals surface area contributed by atoms with Crippen molar-refractivity contribution >= 4 is 11.5 Å². The van der Waals surface area contributed by atoms with Crippen LogP contribution in [0.25, 0.3) is 0 Å². The molecule has 2 aromatic carbocycles. The Bertz CT molecular complexity index is 700. The van der Waals surface area contributed by atoms with Gasteiger partial charge < -0.3 is 0 Å². The fraction of sp³-hybridized carbons (Fsp3) is 0.300. The van der Waals surface area contributed by atoms with E-state index in [4.69, 9.17) is 4.99 Å². The van der Waals surface area contributed by atoms with E-state index >= 15 is 0 Å². The van der Waals surface area contributed by atoms with Crippen LogP contribution in [0.15, 0.2) is 59.6 Å². The average Bonchev–Trinajstić information content (AvgIpc) is 2.91. The Hall–Kier alpha value is -2.22. The van der Waals surface area contributed by atoms with Gasteiger partial charge in [0.05, 0.1) is 5.54 Å². The van der Waals surface area contributed by atoms with Crippen molar-refractivity contribution in [1.29, 1.82) is 0 Å². The van der Waals surface area contributed by atoms with E-state index < -0.39 is 0 Å². The molecule has 0 saturated carbocycles. The molecule has 112 valence electrons. The lowest BCUT2D eigenvalue weighted by Crippen LogP contribution is -2.23. The topological polar surface area (TPSA) is 29.4 Å². The van der Waals surface area contributed by atoms with Crippen molar-refractivity contribution in [2.24, 2.45) is 4.99 Å². The fourth-order valence-electron chi connectivity index (χ4n) is 2.98. The minimum atomic E-state index is -0.271. The molecule has 3 rings (SSSR count). The normalized spacial score (nSPS) is 20.7. The van der Waals surface area contributed by atoms with Gasteiger partial charge in [0.2, 0.25) is 0 Å². The van der Waals surface area contributed by atoms with Crippen molar-refractivity contribution in [2.75, 3.05) is 0 Å². The third kappa shape index (κ3) is 3.16. The first-order valence-electron chi connectivity index (χ1n) is 7.80. The molecule has 0 bridgehead atoms. The van der Waals surface area contributed by atoms with Gasteiger partial charge in [-0.25, -0.2) is 0 Å².